The van der Waals surface area contributed by atoms with Crippen molar-refractivity contribution in [3.05, 3.63) is 47.5 Å². The molecule has 6 heteroatoms. The highest BCUT2D eigenvalue weighted by molar-refractivity contribution is 5.95. The molecule has 0 saturated carbocycles. The fraction of sp³-hybridized carbons (Fsp3) is 0.222. The zero-order valence-electron chi connectivity index (χ0n) is 13.7. The number of carbonyl (C=O) groups excluding carboxylic acids is 1. The normalized spacial score (nSPS) is 9.75. The number of esters is 1. The maximum atomic E-state index is 12.4. The molecule has 0 aliphatic carbocycles. The molecule has 0 fully saturated rings. The van der Waals surface area contributed by atoms with Gasteiger partial charge in [0.15, 0.2) is 11.5 Å². The van der Waals surface area contributed by atoms with Crippen LogP contribution in [0.5, 0.6) is 23.0 Å². The summed E-state index contributed by atoms with van der Waals surface area (Å²) >= 11 is 0. The van der Waals surface area contributed by atoms with Crippen molar-refractivity contribution in [2.75, 3.05) is 20.8 Å². The number of rotatable bonds is 6. The van der Waals surface area contributed by atoms with E-state index in [2.05, 4.69) is 0 Å². The van der Waals surface area contributed by atoms with Gasteiger partial charge in [0.05, 0.1) is 32.5 Å². The number of nitriles is 1. The Morgan fingerprint density at radius 1 is 1.04 bits per heavy atom. The van der Waals surface area contributed by atoms with Gasteiger partial charge in [-0.15, -0.1) is 0 Å². The minimum Gasteiger partial charge on any atom is -0.496 e. The van der Waals surface area contributed by atoms with E-state index in [1.54, 1.807) is 30.3 Å². The van der Waals surface area contributed by atoms with Crippen molar-refractivity contribution in [3.63, 3.8) is 0 Å². The Labute approximate surface area is 140 Å². The molecule has 0 aliphatic rings. The molecule has 6 nitrogen and oxygen atoms in total. The largest absolute Gasteiger partial charge is 0.496 e. The van der Waals surface area contributed by atoms with E-state index in [-0.39, 0.29) is 5.56 Å². The summed E-state index contributed by atoms with van der Waals surface area (Å²) in [4.78, 5) is 12.4. The van der Waals surface area contributed by atoms with Gasteiger partial charge in [0.2, 0.25) is 0 Å². The van der Waals surface area contributed by atoms with E-state index in [0.29, 0.717) is 35.2 Å². The Morgan fingerprint density at radius 2 is 1.71 bits per heavy atom. The highest BCUT2D eigenvalue weighted by Gasteiger charge is 2.19. The standard InChI is InChI=1S/C18H17NO5/c1-4-23-17-10-15(21-2)14(9-16(17)22-3)18(20)24-13-7-5-12(11-19)6-8-13/h5-10H,4H2,1-3H3. The van der Waals surface area contributed by atoms with Crippen LogP contribution in [0.1, 0.15) is 22.8 Å². The van der Waals surface area contributed by atoms with Crippen molar-refractivity contribution in [2.45, 2.75) is 6.92 Å². The van der Waals surface area contributed by atoms with Crippen molar-refractivity contribution >= 4 is 5.97 Å². The Morgan fingerprint density at radius 3 is 2.25 bits per heavy atom. The summed E-state index contributed by atoms with van der Waals surface area (Å²) in [6.07, 6.45) is 0. The van der Waals surface area contributed by atoms with Crippen LogP contribution in [0.4, 0.5) is 0 Å². The first-order chi connectivity index (χ1) is 11.6. The Balaban J connectivity index is 2.31. The van der Waals surface area contributed by atoms with Crippen LogP contribution in [0.3, 0.4) is 0 Å². The van der Waals surface area contributed by atoms with Gasteiger partial charge in [-0.25, -0.2) is 4.79 Å². The summed E-state index contributed by atoms with van der Waals surface area (Å²) in [5.74, 6) is 0.931. The molecule has 0 atom stereocenters. The van der Waals surface area contributed by atoms with Crippen molar-refractivity contribution < 1.29 is 23.7 Å². The second-order valence-corrected chi connectivity index (χ2v) is 4.66. The molecular weight excluding hydrogens is 310 g/mol. The lowest BCUT2D eigenvalue weighted by atomic mass is 10.1. The van der Waals surface area contributed by atoms with Crippen molar-refractivity contribution in [2.24, 2.45) is 0 Å². The van der Waals surface area contributed by atoms with Crippen LogP contribution in [-0.4, -0.2) is 26.8 Å². The zero-order chi connectivity index (χ0) is 17.5. The number of hydrogen-bond donors (Lipinski definition) is 0. The number of benzene rings is 2. The molecule has 0 unspecified atom stereocenters. The van der Waals surface area contributed by atoms with Crippen LogP contribution in [0.15, 0.2) is 36.4 Å². The van der Waals surface area contributed by atoms with E-state index in [4.69, 9.17) is 24.2 Å². The van der Waals surface area contributed by atoms with E-state index in [9.17, 15) is 4.79 Å². The third-order valence-electron chi connectivity index (χ3n) is 3.20. The summed E-state index contributed by atoms with van der Waals surface area (Å²) < 4.78 is 21.3. The molecule has 0 N–H and O–H groups in total. The number of nitrogens with zero attached hydrogens (tertiary/aromatic N) is 1. The minimum atomic E-state index is -0.599. The fourth-order valence-electron chi connectivity index (χ4n) is 2.06. The van der Waals surface area contributed by atoms with Crippen LogP contribution in [-0.2, 0) is 0 Å². The molecule has 24 heavy (non-hydrogen) atoms. The number of carbonyl (C=O) groups is 1. The fourth-order valence-corrected chi connectivity index (χ4v) is 2.06. The lowest BCUT2D eigenvalue weighted by Gasteiger charge is -2.14. The Hall–Kier alpha value is -3.20. The van der Waals surface area contributed by atoms with Gasteiger partial charge in [-0.05, 0) is 31.2 Å². The second-order valence-electron chi connectivity index (χ2n) is 4.66. The molecule has 0 radical (unpaired) electrons. The highest BCUT2D eigenvalue weighted by atomic mass is 16.5. The van der Waals surface area contributed by atoms with Crippen molar-refractivity contribution in [3.8, 4) is 29.1 Å². The van der Waals surface area contributed by atoms with Gasteiger partial charge >= 0.3 is 5.97 Å². The third-order valence-corrected chi connectivity index (χ3v) is 3.20. The molecule has 0 saturated heterocycles. The van der Waals surface area contributed by atoms with Gasteiger partial charge in [-0.1, -0.05) is 0 Å². The summed E-state index contributed by atoms with van der Waals surface area (Å²) in [6.45, 7) is 2.30. The first-order valence-electron chi connectivity index (χ1n) is 7.24. The maximum absolute atomic E-state index is 12.4. The van der Waals surface area contributed by atoms with Crippen molar-refractivity contribution in [1.82, 2.24) is 0 Å². The molecule has 0 aliphatic heterocycles. The quantitative estimate of drug-likeness (QED) is 0.599. The molecule has 0 heterocycles. The van der Waals surface area contributed by atoms with Gasteiger partial charge in [-0.2, -0.15) is 5.26 Å². The van der Waals surface area contributed by atoms with Crippen LogP contribution >= 0.6 is 0 Å². The topological polar surface area (TPSA) is 77.8 Å². The van der Waals surface area contributed by atoms with Crippen LogP contribution < -0.4 is 18.9 Å². The van der Waals surface area contributed by atoms with Crippen LogP contribution in [0.25, 0.3) is 0 Å². The number of ether oxygens (including phenoxy) is 4. The molecule has 0 bridgehead atoms. The maximum Gasteiger partial charge on any atom is 0.347 e. The van der Waals surface area contributed by atoms with Crippen LogP contribution in [0.2, 0.25) is 0 Å². The molecule has 0 spiro atoms. The Kier molecular flexibility index (Phi) is 5.63. The van der Waals surface area contributed by atoms with Gasteiger partial charge in [0, 0.05) is 12.1 Å². The van der Waals surface area contributed by atoms with Gasteiger partial charge in [0.1, 0.15) is 17.1 Å². The molecule has 0 amide bonds. The monoisotopic (exact) mass is 327 g/mol. The molecule has 2 rings (SSSR count). The zero-order valence-corrected chi connectivity index (χ0v) is 13.7. The van der Waals surface area contributed by atoms with E-state index in [1.807, 2.05) is 13.0 Å². The van der Waals surface area contributed by atoms with Gasteiger partial charge in [-0.3, -0.25) is 0 Å². The van der Waals surface area contributed by atoms with Gasteiger partial charge in [0.25, 0.3) is 0 Å². The van der Waals surface area contributed by atoms with E-state index >= 15 is 0 Å². The second kappa shape index (κ2) is 7.88. The molecule has 0 aromatic heterocycles. The molecular formula is C18H17NO5. The first kappa shape index (κ1) is 17.2. The predicted molar refractivity (Wildman–Crippen MR) is 86.8 cm³/mol. The van der Waals surface area contributed by atoms with E-state index in [0.717, 1.165) is 0 Å². The molecule has 2 aromatic rings. The summed E-state index contributed by atoms with van der Waals surface area (Å²) in [6, 6.07) is 11.3. The Bertz CT molecular complexity index is 762. The first-order valence-corrected chi connectivity index (χ1v) is 7.24. The molecule has 2 aromatic carbocycles. The average molecular weight is 327 g/mol. The number of hydrogen-bond acceptors (Lipinski definition) is 6. The smallest absolute Gasteiger partial charge is 0.347 e. The van der Waals surface area contributed by atoms with E-state index in [1.165, 1.54) is 20.3 Å². The third kappa shape index (κ3) is 3.76. The SMILES string of the molecule is CCOc1cc(OC)c(C(=O)Oc2ccc(C#N)cc2)cc1OC. The lowest BCUT2D eigenvalue weighted by molar-refractivity contribution is 0.0730. The van der Waals surface area contributed by atoms with Gasteiger partial charge < -0.3 is 18.9 Å². The van der Waals surface area contributed by atoms with Crippen LogP contribution in [0, 0.1) is 11.3 Å². The van der Waals surface area contributed by atoms with E-state index < -0.39 is 5.97 Å². The minimum absolute atomic E-state index is 0.210. The number of methoxy groups -OCH3 is 2. The summed E-state index contributed by atoms with van der Waals surface area (Å²) in [7, 11) is 2.94. The highest BCUT2D eigenvalue weighted by Crippen LogP contribution is 2.35. The summed E-state index contributed by atoms with van der Waals surface area (Å²) in [5.41, 5.74) is 0.692. The lowest BCUT2D eigenvalue weighted by Crippen LogP contribution is -2.11. The molecule has 124 valence electrons. The predicted octanol–water partition coefficient (Wildman–Crippen LogP) is 3.19. The van der Waals surface area contributed by atoms with Crippen molar-refractivity contribution in [1.29, 1.82) is 5.26 Å². The summed E-state index contributed by atoms with van der Waals surface area (Å²) in [5, 5.41) is 8.78. The average Bonchev–Trinajstić information content (AvgIpc) is 2.62.